The van der Waals surface area contributed by atoms with Crippen molar-refractivity contribution in [1.82, 2.24) is 0 Å². The van der Waals surface area contributed by atoms with Crippen molar-refractivity contribution in [2.45, 2.75) is 0 Å². The molecule has 0 N–H and O–H groups in total. The Kier molecular flexibility index (Phi) is 1.41. The van der Waals surface area contributed by atoms with E-state index in [4.69, 9.17) is 5.26 Å². The van der Waals surface area contributed by atoms with Gasteiger partial charge in [-0.3, -0.25) is 9.79 Å². The lowest BCUT2D eigenvalue weighted by Crippen LogP contribution is -2.08. The maximum atomic E-state index is 10.6. The highest BCUT2D eigenvalue weighted by atomic mass is 16.1. The molecule has 0 spiro atoms. The van der Waals surface area contributed by atoms with Gasteiger partial charge in [-0.2, -0.15) is 5.26 Å². The fourth-order valence-corrected chi connectivity index (χ4v) is 0.541. The third-order valence-electron chi connectivity index (χ3n) is 1.00. The van der Waals surface area contributed by atoms with Gasteiger partial charge in [0.15, 0.2) is 5.78 Å². The van der Waals surface area contributed by atoms with Crippen molar-refractivity contribution in [2.75, 3.05) is 6.54 Å². The summed E-state index contributed by atoms with van der Waals surface area (Å²) in [6.07, 6.45) is 2.89. The van der Waals surface area contributed by atoms with E-state index in [1.165, 1.54) is 12.3 Å². The molecule has 1 aliphatic rings. The van der Waals surface area contributed by atoms with Crippen LogP contribution < -0.4 is 0 Å². The quantitative estimate of drug-likeness (QED) is 0.455. The van der Waals surface area contributed by atoms with Crippen molar-refractivity contribution in [1.29, 1.82) is 5.26 Å². The number of hydrogen-bond donors (Lipinski definition) is 0. The van der Waals surface area contributed by atoms with Crippen molar-refractivity contribution < 1.29 is 4.79 Å². The third-order valence-corrected chi connectivity index (χ3v) is 1.00. The van der Waals surface area contributed by atoms with Crippen LogP contribution in [0.3, 0.4) is 0 Å². The number of ketones is 1. The molecule has 0 aromatic carbocycles. The molecule has 0 atom stereocenters. The van der Waals surface area contributed by atoms with Crippen molar-refractivity contribution >= 4 is 12.0 Å². The number of carbonyl (C=O) groups excluding carboxylic acids is 1. The molecule has 3 heteroatoms. The molecule has 0 saturated heterocycles. The topological polar surface area (TPSA) is 53.2 Å². The Morgan fingerprint density at radius 2 is 2.56 bits per heavy atom. The van der Waals surface area contributed by atoms with Crippen LogP contribution >= 0.6 is 0 Å². The molecule has 0 aliphatic carbocycles. The predicted molar refractivity (Wildman–Crippen MR) is 32.1 cm³/mol. The van der Waals surface area contributed by atoms with Gasteiger partial charge < -0.3 is 0 Å². The van der Waals surface area contributed by atoms with E-state index in [0.717, 1.165) is 0 Å². The minimum absolute atomic E-state index is 0.124. The lowest BCUT2D eigenvalue weighted by molar-refractivity contribution is -0.113. The standard InChI is InChI=1S/C6H4N2O/c7-3-5-1-2-8-4-6(5)9/h1-2H,4H2. The van der Waals surface area contributed by atoms with Gasteiger partial charge in [0.1, 0.15) is 12.6 Å². The van der Waals surface area contributed by atoms with Crippen molar-refractivity contribution in [3.8, 4) is 6.07 Å². The highest BCUT2D eigenvalue weighted by Gasteiger charge is 2.08. The molecule has 44 valence electrons. The number of nitrogens with zero attached hydrogens (tertiary/aromatic N) is 2. The maximum Gasteiger partial charge on any atom is 0.194 e. The van der Waals surface area contributed by atoms with Crippen LogP contribution in [-0.2, 0) is 4.79 Å². The van der Waals surface area contributed by atoms with E-state index >= 15 is 0 Å². The first kappa shape index (κ1) is 5.70. The third kappa shape index (κ3) is 1.03. The molecule has 1 heterocycles. The average Bonchev–Trinajstić information content (AvgIpc) is 1.89. The van der Waals surface area contributed by atoms with Gasteiger partial charge in [0, 0.05) is 6.21 Å². The molecule has 0 fully saturated rings. The first-order valence-electron chi connectivity index (χ1n) is 2.48. The number of hydrogen-bond acceptors (Lipinski definition) is 3. The highest BCUT2D eigenvalue weighted by Crippen LogP contribution is 1.97. The van der Waals surface area contributed by atoms with E-state index in [9.17, 15) is 4.79 Å². The Morgan fingerprint density at radius 1 is 1.78 bits per heavy atom. The number of rotatable bonds is 0. The lowest BCUT2D eigenvalue weighted by Gasteiger charge is -1.95. The summed E-state index contributed by atoms with van der Waals surface area (Å²) >= 11 is 0. The summed E-state index contributed by atoms with van der Waals surface area (Å²) in [4.78, 5) is 14.3. The average molecular weight is 120 g/mol. The van der Waals surface area contributed by atoms with E-state index in [0.29, 0.717) is 0 Å². The summed E-state index contributed by atoms with van der Waals surface area (Å²) in [5, 5.41) is 8.26. The molecular weight excluding hydrogens is 116 g/mol. The second kappa shape index (κ2) is 2.23. The first-order valence-corrected chi connectivity index (χ1v) is 2.48. The lowest BCUT2D eigenvalue weighted by atomic mass is 10.1. The Morgan fingerprint density at radius 3 is 3.00 bits per heavy atom. The highest BCUT2D eigenvalue weighted by molar-refractivity contribution is 6.06. The Bertz CT molecular complexity index is 232. The summed E-state index contributed by atoms with van der Waals surface area (Å²) < 4.78 is 0. The van der Waals surface area contributed by atoms with Crippen molar-refractivity contribution in [2.24, 2.45) is 4.99 Å². The van der Waals surface area contributed by atoms with Gasteiger partial charge >= 0.3 is 0 Å². The summed E-state index contributed by atoms with van der Waals surface area (Å²) in [6.45, 7) is 0.124. The number of dihydropyridines is 1. The molecule has 0 amide bonds. The molecule has 3 nitrogen and oxygen atoms in total. The van der Waals surface area contributed by atoms with Crippen LogP contribution in [-0.4, -0.2) is 18.5 Å². The van der Waals surface area contributed by atoms with E-state index in [2.05, 4.69) is 4.99 Å². The van der Waals surface area contributed by atoms with Gasteiger partial charge in [-0.1, -0.05) is 0 Å². The van der Waals surface area contributed by atoms with Crippen LogP contribution in [0.1, 0.15) is 0 Å². The molecule has 0 aromatic rings. The zero-order chi connectivity index (χ0) is 6.69. The monoisotopic (exact) mass is 120 g/mol. The largest absolute Gasteiger partial charge is 0.291 e. The SMILES string of the molecule is N#CC1=CC=NCC1=O. The number of nitriles is 1. The Balaban J connectivity index is 2.91. The molecule has 0 saturated carbocycles. The number of allylic oxidation sites excluding steroid dienone is 1. The fraction of sp³-hybridized carbons (Fsp3) is 0.167. The summed E-state index contributed by atoms with van der Waals surface area (Å²) in [5.41, 5.74) is 0.199. The normalized spacial score (nSPS) is 16.8. The molecular formula is C6H4N2O. The van der Waals surface area contributed by atoms with Crippen molar-refractivity contribution in [3.63, 3.8) is 0 Å². The van der Waals surface area contributed by atoms with Gasteiger partial charge in [0.25, 0.3) is 0 Å². The van der Waals surface area contributed by atoms with Crippen LogP contribution in [0.25, 0.3) is 0 Å². The van der Waals surface area contributed by atoms with Crippen LogP contribution in [0.2, 0.25) is 0 Å². The predicted octanol–water partition coefficient (Wildman–Crippen LogP) is 0.0899. The van der Waals surface area contributed by atoms with Crippen LogP contribution in [0, 0.1) is 11.3 Å². The zero-order valence-electron chi connectivity index (χ0n) is 4.66. The Labute approximate surface area is 52.3 Å². The van der Waals surface area contributed by atoms with Crippen LogP contribution in [0.4, 0.5) is 0 Å². The van der Waals surface area contributed by atoms with Gasteiger partial charge in [-0.15, -0.1) is 0 Å². The number of aliphatic imine (C=N–C) groups is 1. The minimum atomic E-state index is -0.194. The second-order valence-corrected chi connectivity index (χ2v) is 1.61. The molecule has 0 radical (unpaired) electrons. The fourth-order valence-electron chi connectivity index (χ4n) is 0.541. The van der Waals surface area contributed by atoms with E-state index < -0.39 is 0 Å². The van der Waals surface area contributed by atoms with Crippen molar-refractivity contribution in [3.05, 3.63) is 11.6 Å². The van der Waals surface area contributed by atoms with Gasteiger partial charge in [-0.05, 0) is 6.08 Å². The minimum Gasteiger partial charge on any atom is -0.291 e. The maximum absolute atomic E-state index is 10.6. The second-order valence-electron chi connectivity index (χ2n) is 1.61. The summed E-state index contributed by atoms with van der Waals surface area (Å²) in [7, 11) is 0. The molecule has 0 bridgehead atoms. The van der Waals surface area contributed by atoms with Gasteiger partial charge in [0.2, 0.25) is 0 Å². The zero-order valence-corrected chi connectivity index (χ0v) is 4.66. The molecule has 0 aromatic heterocycles. The smallest absolute Gasteiger partial charge is 0.194 e. The number of Topliss-reactive ketones (excluding diaryl/α,β-unsaturated/α-hetero) is 1. The molecule has 0 unspecified atom stereocenters. The molecule has 1 aliphatic heterocycles. The van der Waals surface area contributed by atoms with E-state index in [1.807, 2.05) is 0 Å². The summed E-state index contributed by atoms with van der Waals surface area (Å²) in [6, 6.07) is 1.77. The van der Waals surface area contributed by atoms with E-state index in [1.54, 1.807) is 6.07 Å². The Hall–Kier alpha value is -1.43. The molecule has 9 heavy (non-hydrogen) atoms. The van der Waals surface area contributed by atoms with Crippen LogP contribution in [0.5, 0.6) is 0 Å². The first-order chi connectivity index (χ1) is 4.34. The van der Waals surface area contributed by atoms with Crippen LogP contribution in [0.15, 0.2) is 16.6 Å². The van der Waals surface area contributed by atoms with Gasteiger partial charge in [-0.25, -0.2) is 0 Å². The summed E-state index contributed by atoms with van der Waals surface area (Å²) in [5.74, 6) is -0.194. The van der Waals surface area contributed by atoms with Gasteiger partial charge in [0.05, 0.1) is 5.57 Å². The van der Waals surface area contributed by atoms with E-state index in [-0.39, 0.29) is 17.9 Å². The number of carbonyl (C=O) groups is 1. The molecule has 1 rings (SSSR count).